The molecule has 0 fully saturated rings. The highest BCUT2D eigenvalue weighted by Crippen LogP contribution is 2.11. The number of aromatic nitrogens is 1. The number of carbonyl (C=O) groups excluding carboxylic acids is 2. The molecule has 2 N–H and O–H groups in total. The Balaban J connectivity index is 2.56. The molecule has 7 nitrogen and oxygen atoms in total. The summed E-state index contributed by atoms with van der Waals surface area (Å²) in [5.41, 5.74) is 5.50. The maximum atomic E-state index is 10.9. The fourth-order valence-corrected chi connectivity index (χ4v) is 1.41. The van der Waals surface area contributed by atoms with Crippen LogP contribution in [0, 0.1) is 0 Å². The average molecular weight is 256 g/mol. The van der Waals surface area contributed by atoms with E-state index in [2.05, 4.69) is 19.7 Å². The zero-order chi connectivity index (χ0) is 12.7. The minimum atomic E-state index is -0.570. The Morgan fingerprint density at radius 2 is 2.47 bits per heavy atom. The summed E-state index contributed by atoms with van der Waals surface area (Å²) in [6, 6.07) is 0. The summed E-state index contributed by atoms with van der Waals surface area (Å²) in [4.78, 5) is 30.0. The Hall–Kier alpha value is -1.96. The van der Waals surface area contributed by atoms with Crippen LogP contribution in [-0.2, 0) is 19.2 Å². The van der Waals surface area contributed by atoms with Gasteiger partial charge in [0.2, 0.25) is 6.61 Å². The maximum absolute atomic E-state index is 10.9. The van der Waals surface area contributed by atoms with Gasteiger partial charge in [-0.3, -0.25) is 4.79 Å². The zero-order valence-corrected chi connectivity index (χ0v) is 9.82. The molecule has 1 radical (unpaired) electrons. The number of ether oxygens (including phenoxy) is 1. The lowest BCUT2D eigenvalue weighted by Crippen LogP contribution is -2.12. The van der Waals surface area contributed by atoms with Gasteiger partial charge in [-0.05, 0) is 6.92 Å². The van der Waals surface area contributed by atoms with Gasteiger partial charge >= 0.3 is 5.97 Å². The summed E-state index contributed by atoms with van der Waals surface area (Å²) in [5, 5.41) is 5.26. The van der Waals surface area contributed by atoms with E-state index in [4.69, 9.17) is 5.73 Å². The number of esters is 1. The van der Waals surface area contributed by atoms with Crippen LogP contribution in [0.4, 0.5) is 5.13 Å². The van der Waals surface area contributed by atoms with E-state index >= 15 is 0 Å². The summed E-state index contributed by atoms with van der Waals surface area (Å²) in [5.74, 6) is -0.570. The van der Waals surface area contributed by atoms with E-state index in [-0.39, 0.29) is 24.6 Å². The lowest BCUT2D eigenvalue weighted by atomic mass is 10.3. The van der Waals surface area contributed by atoms with Crippen LogP contribution in [0.3, 0.4) is 0 Å². The normalized spacial score (nSPS) is 11.0. The Morgan fingerprint density at radius 1 is 1.71 bits per heavy atom. The molecule has 1 rings (SSSR count). The minimum Gasteiger partial charge on any atom is -0.463 e. The van der Waals surface area contributed by atoms with Crippen LogP contribution < -0.4 is 5.73 Å². The highest BCUT2D eigenvalue weighted by atomic mass is 32.1. The van der Waals surface area contributed by atoms with E-state index in [1.807, 2.05) is 0 Å². The molecule has 1 aromatic heterocycles. The van der Waals surface area contributed by atoms with E-state index in [9.17, 15) is 9.59 Å². The van der Waals surface area contributed by atoms with Crippen LogP contribution in [0.15, 0.2) is 10.5 Å². The van der Waals surface area contributed by atoms with Gasteiger partial charge in [0.05, 0.1) is 6.61 Å². The summed E-state index contributed by atoms with van der Waals surface area (Å²) in [6.45, 7) is 1.55. The Kier molecular flexibility index (Phi) is 5.08. The van der Waals surface area contributed by atoms with Crippen LogP contribution in [0.25, 0.3) is 0 Å². The van der Waals surface area contributed by atoms with E-state index in [0.29, 0.717) is 5.13 Å². The Labute approximate surface area is 101 Å². The largest absolute Gasteiger partial charge is 0.463 e. The van der Waals surface area contributed by atoms with Gasteiger partial charge in [0.25, 0.3) is 6.29 Å². The van der Waals surface area contributed by atoms with Gasteiger partial charge in [0, 0.05) is 5.38 Å². The Bertz CT molecular complexity index is 430. The van der Waals surface area contributed by atoms with Crippen molar-refractivity contribution in [2.75, 3.05) is 18.9 Å². The lowest BCUT2D eigenvalue weighted by Gasteiger charge is -1.99. The molecule has 0 bridgehead atoms. The molecule has 0 saturated heterocycles. The first-order chi connectivity index (χ1) is 8.17. The first-order valence-electron chi connectivity index (χ1n) is 4.62. The molecule has 8 heteroatoms. The third-order valence-corrected chi connectivity index (χ3v) is 2.18. The van der Waals surface area contributed by atoms with Crippen molar-refractivity contribution in [1.29, 1.82) is 0 Å². The van der Waals surface area contributed by atoms with E-state index in [0.717, 1.165) is 11.3 Å². The number of nitrogen functional groups attached to an aromatic ring is 1. The number of thiazole rings is 1. The van der Waals surface area contributed by atoms with Crippen molar-refractivity contribution < 1.29 is 19.2 Å². The summed E-state index contributed by atoms with van der Waals surface area (Å²) < 4.78 is 4.60. The maximum Gasteiger partial charge on any atom is 0.347 e. The number of rotatable bonds is 6. The van der Waals surface area contributed by atoms with Crippen molar-refractivity contribution in [3.63, 3.8) is 0 Å². The number of carbonyl (C=O) groups is 1. The standard InChI is InChI=1S/C9H10N3O4S/c1-2-15-8(14)4-16-12-6(3-13)7-5-17-9(10)11-7/h5H,2,4H2,1H3,(H2,10,11)/b12-6-. The fraction of sp³-hybridized carbons (Fsp3) is 0.333. The number of nitrogens with two attached hydrogens (primary N) is 1. The quantitative estimate of drug-likeness (QED) is 0.440. The Morgan fingerprint density at radius 3 is 3.00 bits per heavy atom. The number of anilines is 1. The highest BCUT2D eigenvalue weighted by molar-refractivity contribution is 7.13. The van der Waals surface area contributed by atoms with Crippen molar-refractivity contribution in [2.24, 2.45) is 5.16 Å². The van der Waals surface area contributed by atoms with Gasteiger partial charge in [-0.25, -0.2) is 9.78 Å². The van der Waals surface area contributed by atoms with Crippen molar-refractivity contribution in [2.45, 2.75) is 6.92 Å². The zero-order valence-electron chi connectivity index (χ0n) is 9.00. The molecule has 0 aliphatic rings. The molecule has 0 unspecified atom stereocenters. The SMILES string of the molecule is CCOC(=O)CO/N=C(/[C]=O)c1csc(N)n1. The van der Waals surface area contributed by atoms with Gasteiger partial charge in [0.15, 0.2) is 10.8 Å². The fourth-order valence-electron chi connectivity index (χ4n) is 0.866. The van der Waals surface area contributed by atoms with Crippen LogP contribution in [-0.4, -0.2) is 36.2 Å². The monoisotopic (exact) mass is 256 g/mol. The predicted molar refractivity (Wildman–Crippen MR) is 61.3 cm³/mol. The molecule has 0 aliphatic heterocycles. The van der Waals surface area contributed by atoms with Gasteiger partial charge in [-0.1, -0.05) is 5.16 Å². The summed E-state index contributed by atoms with van der Waals surface area (Å²) in [6.07, 6.45) is 1.55. The van der Waals surface area contributed by atoms with Gasteiger partial charge in [-0.15, -0.1) is 11.3 Å². The van der Waals surface area contributed by atoms with Crippen molar-refractivity contribution in [1.82, 2.24) is 4.98 Å². The average Bonchev–Trinajstić information content (AvgIpc) is 2.71. The molecule has 0 saturated carbocycles. The molecule has 0 aromatic carbocycles. The van der Waals surface area contributed by atoms with Gasteiger partial charge in [-0.2, -0.15) is 0 Å². The molecule has 1 aromatic rings. The molecule has 0 aliphatic carbocycles. The second kappa shape index (κ2) is 6.59. The number of oxime groups is 1. The first kappa shape index (κ1) is 13.1. The summed E-state index contributed by atoms with van der Waals surface area (Å²) >= 11 is 1.16. The molecular weight excluding hydrogens is 246 g/mol. The van der Waals surface area contributed by atoms with Crippen LogP contribution in [0.1, 0.15) is 12.6 Å². The van der Waals surface area contributed by atoms with Crippen molar-refractivity contribution >= 4 is 34.4 Å². The summed E-state index contributed by atoms with van der Waals surface area (Å²) in [7, 11) is 0. The van der Waals surface area contributed by atoms with E-state index in [1.165, 1.54) is 5.38 Å². The molecule has 1 heterocycles. The van der Waals surface area contributed by atoms with Crippen molar-refractivity contribution in [3.8, 4) is 0 Å². The van der Waals surface area contributed by atoms with E-state index in [1.54, 1.807) is 13.2 Å². The van der Waals surface area contributed by atoms with Gasteiger partial charge in [0.1, 0.15) is 5.69 Å². The van der Waals surface area contributed by atoms with Crippen LogP contribution >= 0.6 is 11.3 Å². The smallest absolute Gasteiger partial charge is 0.347 e. The van der Waals surface area contributed by atoms with E-state index < -0.39 is 5.97 Å². The third kappa shape index (κ3) is 4.19. The topological polar surface area (TPSA) is 104 Å². The molecule has 0 atom stereocenters. The number of hydrogen-bond acceptors (Lipinski definition) is 8. The second-order valence-electron chi connectivity index (χ2n) is 2.69. The molecular formula is C9H10N3O4S. The minimum absolute atomic E-state index is 0.151. The van der Waals surface area contributed by atoms with Crippen LogP contribution in [0.2, 0.25) is 0 Å². The number of nitrogens with zero attached hydrogens (tertiary/aromatic N) is 2. The predicted octanol–water partition coefficient (Wildman–Crippen LogP) is 0.119. The molecule has 0 amide bonds. The second-order valence-corrected chi connectivity index (χ2v) is 3.58. The third-order valence-electron chi connectivity index (χ3n) is 1.50. The van der Waals surface area contributed by atoms with Gasteiger partial charge < -0.3 is 15.3 Å². The van der Waals surface area contributed by atoms with Crippen LogP contribution in [0.5, 0.6) is 0 Å². The number of hydrogen-bond donors (Lipinski definition) is 1. The molecule has 0 spiro atoms. The first-order valence-corrected chi connectivity index (χ1v) is 5.50. The highest BCUT2D eigenvalue weighted by Gasteiger charge is 2.09. The molecule has 17 heavy (non-hydrogen) atoms. The molecule has 91 valence electrons. The lowest BCUT2D eigenvalue weighted by molar-refractivity contribution is -0.148. The van der Waals surface area contributed by atoms with Crippen molar-refractivity contribution in [3.05, 3.63) is 11.1 Å².